The quantitative estimate of drug-likeness (QED) is 0.320. The van der Waals surface area contributed by atoms with Gasteiger partial charge in [0.05, 0.1) is 5.70 Å². The number of rotatable bonds is 3. The first kappa shape index (κ1) is 11.0. The number of ketones is 1. The number of allylic oxidation sites excluding steroid dienone is 1. The highest BCUT2D eigenvalue weighted by Crippen LogP contribution is 2.10. The second-order valence-electron chi connectivity index (χ2n) is 3.19. The molecule has 0 amide bonds. The van der Waals surface area contributed by atoms with E-state index < -0.39 is 0 Å². The van der Waals surface area contributed by atoms with Gasteiger partial charge in [-0.2, -0.15) is 0 Å². The van der Waals surface area contributed by atoms with Gasteiger partial charge in [-0.3, -0.25) is 4.79 Å². The van der Waals surface area contributed by atoms with Crippen LogP contribution in [0.15, 0.2) is 35.1 Å². The lowest BCUT2D eigenvalue weighted by atomic mass is 10.1. The Morgan fingerprint density at radius 1 is 1.40 bits per heavy atom. The van der Waals surface area contributed by atoms with Gasteiger partial charge >= 0.3 is 0 Å². The summed E-state index contributed by atoms with van der Waals surface area (Å²) >= 11 is 0. The first-order chi connectivity index (χ1) is 7.13. The molecule has 0 radical (unpaired) electrons. The first-order valence-electron chi connectivity index (χ1n) is 4.48. The largest absolute Gasteiger partial charge is 0.295 e. The van der Waals surface area contributed by atoms with Crippen molar-refractivity contribution >= 4 is 11.9 Å². The molecule has 1 aromatic carbocycles. The van der Waals surface area contributed by atoms with E-state index in [9.17, 15) is 4.79 Å². The zero-order valence-corrected chi connectivity index (χ0v) is 8.64. The van der Waals surface area contributed by atoms with E-state index in [1.807, 2.05) is 31.2 Å². The van der Waals surface area contributed by atoms with Crippen molar-refractivity contribution in [3.05, 3.63) is 51.5 Å². The zero-order valence-electron chi connectivity index (χ0n) is 8.64. The van der Waals surface area contributed by atoms with E-state index in [-0.39, 0.29) is 11.5 Å². The van der Waals surface area contributed by atoms with E-state index in [1.54, 1.807) is 6.08 Å². The molecule has 0 saturated carbocycles. The van der Waals surface area contributed by atoms with Crippen molar-refractivity contribution < 1.29 is 4.79 Å². The van der Waals surface area contributed by atoms with Crippen LogP contribution in [0.25, 0.3) is 16.5 Å². The Kier molecular flexibility index (Phi) is 3.66. The van der Waals surface area contributed by atoms with Crippen molar-refractivity contribution in [2.45, 2.75) is 13.8 Å². The van der Waals surface area contributed by atoms with Crippen LogP contribution in [-0.4, -0.2) is 5.78 Å². The maximum Gasteiger partial charge on any atom is 0.162 e. The average molecular weight is 201 g/mol. The third-order valence-electron chi connectivity index (χ3n) is 1.89. The lowest BCUT2D eigenvalue weighted by Crippen LogP contribution is -1.91. The van der Waals surface area contributed by atoms with Crippen LogP contribution < -0.4 is 0 Å². The van der Waals surface area contributed by atoms with Gasteiger partial charge in [0.15, 0.2) is 5.78 Å². The molecule has 0 aliphatic rings. The molecule has 0 saturated heterocycles. The number of nitrogens with zero attached hydrogens (tertiary/aromatic N) is 3. The normalized spacial score (nSPS) is 10.7. The van der Waals surface area contributed by atoms with Crippen molar-refractivity contribution in [3.8, 4) is 0 Å². The van der Waals surface area contributed by atoms with Gasteiger partial charge in [-0.15, -0.1) is 0 Å². The summed E-state index contributed by atoms with van der Waals surface area (Å²) in [5.74, 6) is -0.242. The van der Waals surface area contributed by atoms with E-state index in [0.717, 1.165) is 11.1 Å². The molecule has 0 spiro atoms. The Labute approximate surface area is 87.9 Å². The van der Waals surface area contributed by atoms with Crippen LogP contribution in [0.5, 0.6) is 0 Å². The van der Waals surface area contributed by atoms with Gasteiger partial charge in [-0.05, 0) is 31.0 Å². The molecule has 76 valence electrons. The molecule has 1 rings (SSSR count). The van der Waals surface area contributed by atoms with E-state index in [4.69, 9.17) is 5.53 Å². The van der Waals surface area contributed by atoms with Crippen molar-refractivity contribution in [3.63, 3.8) is 0 Å². The SMILES string of the molecule is CC(=O)/C(=C/c1ccc(C)cc1)N=[N+]=[N-]. The average Bonchev–Trinajstić information content (AvgIpc) is 2.20. The van der Waals surface area contributed by atoms with Gasteiger partial charge in [0.2, 0.25) is 0 Å². The summed E-state index contributed by atoms with van der Waals surface area (Å²) in [4.78, 5) is 13.7. The Morgan fingerprint density at radius 3 is 2.47 bits per heavy atom. The van der Waals surface area contributed by atoms with E-state index in [1.165, 1.54) is 6.92 Å². The molecule has 0 atom stereocenters. The van der Waals surface area contributed by atoms with E-state index in [0.29, 0.717) is 0 Å². The Morgan fingerprint density at radius 2 is 2.00 bits per heavy atom. The number of azide groups is 1. The van der Waals surface area contributed by atoms with Crippen LogP contribution >= 0.6 is 0 Å². The molecule has 1 aromatic rings. The number of Topliss-reactive ketones (excluding diaryl/α,β-unsaturated/α-hetero) is 1. The predicted octanol–water partition coefficient (Wildman–Crippen LogP) is 3.24. The summed E-state index contributed by atoms with van der Waals surface area (Å²) in [6.07, 6.45) is 1.57. The Balaban J connectivity index is 3.07. The summed E-state index contributed by atoms with van der Waals surface area (Å²) in [6, 6.07) is 7.59. The van der Waals surface area contributed by atoms with Gasteiger partial charge in [0.25, 0.3) is 0 Å². The van der Waals surface area contributed by atoms with Gasteiger partial charge < -0.3 is 0 Å². The highest BCUT2D eigenvalue weighted by molar-refractivity contribution is 5.97. The van der Waals surface area contributed by atoms with Crippen molar-refractivity contribution in [2.24, 2.45) is 5.11 Å². The molecule has 15 heavy (non-hydrogen) atoms. The van der Waals surface area contributed by atoms with E-state index >= 15 is 0 Å². The minimum absolute atomic E-state index is 0.126. The molecule has 0 aliphatic carbocycles. The number of hydrogen-bond acceptors (Lipinski definition) is 2. The summed E-state index contributed by atoms with van der Waals surface area (Å²) in [5, 5.41) is 3.33. The van der Waals surface area contributed by atoms with Crippen LogP contribution in [0.1, 0.15) is 18.1 Å². The summed E-state index contributed by atoms with van der Waals surface area (Å²) < 4.78 is 0. The molecule has 0 bridgehead atoms. The first-order valence-corrected chi connectivity index (χ1v) is 4.48. The number of hydrogen-bond donors (Lipinski definition) is 0. The number of aryl methyl sites for hydroxylation is 1. The standard InChI is InChI=1S/C11H11N3O/c1-8-3-5-10(6-4-8)7-11(9(2)15)13-14-12/h3-7H,1-2H3/b11-7-. The molecule has 0 unspecified atom stereocenters. The number of carbonyl (C=O) groups excluding carboxylic acids is 1. The maximum absolute atomic E-state index is 11.1. The van der Waals surface area contributed by atoms with Crippen LogP contribution in [0.4, 0.5) is 0 Å². The lowest BCUT2D eigenvalue weighted by molar-refractivity contribution is -0.113. The summed E-state index contributed by atoms with van der Waals surface area (Å²) in [5.41, 5.74) is 10.4. The monoisotopic (exact) mass is 201 g/mol. The molecule has 0 heterocycles. The molecule has 0 N–H and O–H groups in total. The maximum atomic E-state index is 11.1. The minimum Gasteiger partial charge on any atom is -0.295 e. The third kappa shape index (κ3) is 3.29. The van der Waals surface area contributed by atoms with Crippen molar-refractivity contribution in [1.29, 1.82) is 0 Å². The smallest absolute Gasteiger partial charge is 0.162 e. The highest BCUT2D eigenvalue weighted by Gasteiger charge is 2.00. The second kappa shape index (κ2) is 4.98. The fourth-order valence-corrected chi connectivity index (χ4v) is 1.07. The molecule has 4 heteroatoms. The van der Waals surface area contributed by atoms with Gasteiger partial charge in [0, 0.05) is 4.91 Å². The molecule has 0 aromatic heterocycles. The van der Waals surface area contributed by atoms with Gasteiger partial charge in [-0.25, -0.2) is 0 Å². The Hall–Kier alpha value is -2.06. The van der Waals surface area contributed by atoms with Crippen molar-refractivity contribution in [1.82, 2.24) is 0 Å². The number of benzene rings is 1. The van der Waals surface area contributed by atoms with Crippen LogP contribution in [0.2, 0.25) is 0 Å². The van der Waals surface area contributed by atoms with Crippen molar-refractivity contribution in [2.75, 3.05) is 0 Å². The van der Waals surface area contributed by atoms with Gasteiger partial charge in [0.1, 0.15) is 0 Å². The summed E-state index contributed by atoms with van der Waals surface area (Å²) in [7, 11) is 0. The third-order valence-corrected chi connectivity index (χ3v) is 1.89. The molecule has 4 nitrogen and oxygen atoms in total. The molecular formula is C11H11N3O. The fourth-order valence-electron chi connectivity index (χ4n) is 1.07. The molecular weight excluding hydrogens is 190 g/mol. The second-order valence-corrected chi connectivity index (χ2v) is 3.19. The van der Waals surface area contributed by atoms with Crippen LogP contribution in [0.3, 0.4) is 0 Å². The molecule has 0 fully saturated rings. The topological polar surface area (TPSA) is 65.8 Å². The van der Waals surface area contributed by atoms with Gasteiger partial charge in [-0.1, -0.05) is 34.9 Å². The van der Waals surface area contributed by atoms with E-state index in [2.05, 4.69) is 10.0 Å². The summed E-state index contributed by atoms with van der Waals surface area (Å²) in [6.45, 7) is 3.35. The Bertz CT molecular complexity index is 435. The predicted molar refractivity (Wildman–Crippen MR) is 59.0 cm³/mol. The lowest BCUT2D eigenvalue weighted by Gasteiger charge is -1.97. The number of carbonyl (C=O) groups is 1. The fraction of sp³-hybridized carbons (Fsp3) is 0.182. The van der Waals surface area contributed by atoms with Crippen LogP contribution in [-0.2, 0) is 4.79 Å². The highest BCUT2D eigenvalue weighted by atomic mass is 16.1. The zero-order chi connectivity index (χ0) is 11.3. The molecule has 0 aliphatic heterocycles. The van der Waals surface area contributed by atoms with Crippen LogP contribution in [0, 0.1) is 6.92 Å². The minimum atomic E-state index is -0.242.